The molecule has 4 aromatic rings. The van der Waals surface area contributed by atoms with E-state index in [0.29, 0.717) is 47.7 Å². The molecule has 190 valence electrons. The van der Waals surface area contributed by atoms with Crippen LogP contribution in [0.3, 0.4) is 0 Å². The van der Waals surface area contributed by atoms with Crippen molar-refractivity contribution in [1.29, 1.82) is 0 Å². The molecule has 4 rings (SSSR count). The summed E-state index contributed by atoms with van der Waals surface area (Å²) in [4.78, 5) is 0. The van der Waals surface area contributed by atoms with E-state index in [4.69, 9.17) is 37.4 Å². The van der Waals surface area contributed by atoms with E-state index in [2.05, 4.69) is 18.0 Å². The smallest absolute Gasteiger partial charge is 0.165 e. The van der Waals surface area contributed by atoms with Gasteiger partial charge in [0.25, 0.3) is 0 Å². The monoisotopic (exact) mass is 533 g/mol. The molecular formula is C31H29Cl2NO3. The van der Waals surface area contributed by atoms with Gasteiger partial charge < -0.3 is 19.5 Å². The molecule has 0 amide bonds. The maximum Gasteiger partial charge on any atom is 0.165 e. The van der Waals surface area contributed by atoms with Gasteiger partial charge in [-0.1, -0.05) is 53.5 Å². The van der Waals surface area contributed by atoms with Crippen LogP contribution in [0.15, 0.2) is 97.6 Å². The number of rotatable bonds is 12. The van der Waals surface area contributed by atoms with Gasteiger partial charge in [-0.15, -0.1) is 6.58 Å². The topological polar surface area (TPSA) is 39.7 Å². The first-order valence-electron chi connectivity index (χ1n) is 12.1. The molecule has 0 unspecified atom stereocenters. The molecule has 0 atom stereocenters. The van der Waals surface area contributed by atoms with Crippen LogP contribution in [-0.2, 0) is 19.6 Å². The summed E-state index contributed by atoms with van der Waals surface area (Å²) in [5.41, 5.74) is 3.90. The van der Waals surface area contributed by atoms with Crippen LogP contribution in [0.5, 0.6) is 23.0 Å². The zero-order valence-electron chi connectivity index (χ0n) is 20.7. The minimum absolute atomic E-state index is 0.301. The SMILES string of the molecule is C=CCc1cc(CNc2ccc(Oc3ccccc3)cc2)cc(OCC)c1OCc1ccc(Cl)cc1Cl. The minimum Gasteiger partial charge on any atom is -0.490 e. The average molecular weight is 534 g/mol. The van der Waals surface area contributed by atoms with Gasteiger partial charge in [0.2, 0.25) is 0 Å². The van der Waals surface area contributed by atoms with Crippen molar-refractivity contribution < 1.29 is 14.2 Å². The van der Waals surface area contributed by atoms with Crippen molar-refractivity contribution in [3.05, 3.63) is 124 Å². The second-order valence-electron chi connectivity index (χ2n) is 8.33. The van der Waals surface area contributed by atoms with Crippen LogP contribution >= 0.6 is 23.2 Å². The predicted octanol–water partition coefficient (Wildman–Crippen LogP) is 9.10. The Hall–Kier alpha value is -3.60. The van der Waals surface area contributed by atoms with Crippen molar-refractivity contribution in [2.24, 2.45) is 0 Å². The van der Waals surface area contributed by atoms with E-state index >= 15 is 0 Å². The fraction of sp³-hybridized carbons (Fsp3) is 0.161. The molecule has 0 radical (unpaired) electrons. The molecule has 0 fully saturated rings. The van der Waals surface area contributed by atoms with Crippen molar-refractivity contribution in [3.63, 3.8) is 0 Å². The summed E-state index contributed by atoms with van der Waals surface area (Å²) < 4.78 is 18.1. The van der Waals surface area contributed by atoms with Crippen LogP contribution in [0.1, 0.15) is 23.6 Å². The summed E-state index contributed by atoms with van der Waals surface area (Å²) in [6, 6.07) is 27.1. The highest BCUT2D eigenvalue weighted by molar-refractivity contribution is 6.35. The summed E-state index contributed by atoms with van der Waals surface area (Å²) >= 11 is 12.4. The molecule has 4 nitrogen and oxygen atoms in total. The fourth-order valence-corrected chi connectivity index (χ4v) is 4.28. The maximum atomic E-state index is 6.34. The van der Waals surface area contributed by atoms with E-state index in [1.165, 1.54) is 0 Å². The average Bonchev–Trinajstić information content (AvgIpc) is 2.90. The van der Waals surface area contributed by atoms with Crippen LogP contribution in [0.25, 0.3) is 0 Å². The van der Waals surface area contributed by atoms with Crippen LogP contribution in [-0.4, -0.2) is 6.61 Å². The van der Waals surface area contributed by atoms with Gasteiger partial charge in [0.15, 0.2) is 11.5 Å². The van der Waals surface area contributed by atoms with Gasteiger partial charge in [0.05, 0.1) is 6.61 Å². The van der Waals surface area contributed by atoms with Crippen molar-refractivity contribution >= 4 is 28.9 Å². The number of hydrogen-bond acceptors (Lipinski definition) is 4. The van der Waals surface area contributed by atoms with E-state index in [9.17, 15) is 0 Å². The van der Waals surface area contributed by atoms with Crippen molar-refractivity contribution in [3.8, 4) is 23.0 Å². The Morgan fingerprint density at radius 3 is 2.30 bits per heavy atom. The summed E-state index contributed by atoms with van der Waals surface area (Å²) in [7, 11) is 0. The summed E-state index contributed by atoms with van der Waals surface area (Å²) in [5, 5.41) is 4.63. The highest BCUT2D eigenvalue weighted by Gasteiger charge is 2.15. The second-order valence-corrected chi connectivity index (χ2v) is 9.17. The molecule has 0 heterocycles. The molecule has 6 heteroatoms. The molecule has 37 heavy (non-hydrogen) atoms. The largest absolute Gasteiger partial charge is 0.490 e. The summed E-state index contributed by atoms with van der Waals surface area (Å²) in [5.74, 6) is 2.97. The lowest BCUT2D eigenvalue weighted by atomic mass is 10.0. The van der Waals surface area contributed by atoms with Gasteiger partial charge >= 0.3 is 0 Å². The van der Waals surface area contributed by atoms with Gasteiger partial charge in [0, 0.05) is 33.4 Å². The van der Waals surface area contributed by atoms with Gasteiger partial charge in [-0.05, 0) is 79.6 Å². The molecular weight excluding hydrogens is 505 g/mol. The number of anilines is 1. The van der Waals surface area contributed by atoms with Crippen LogP contribution < -0.4 is 19.5 Å². The van der Waals surface area contributed by atoms with Crippen LogP contribution in [0.4, 0.5) is 5.69 Å². The predicted molar refractivity (Wildman–Crippen MR) is 153 cm³/mol. The molecule has 0 bridgehead atoms. The molecule has 4 aromatic carbocycles. The number of allylic oxidation sites excluding steroid dienone is 1. The van der Waals surface area contributed by atoms with Gasteiger partial charge in [-0.2, -0.15) is 0 Å². The number of halogens is 2. The summed E-state index contributed by atoms with van der Waals surface area (Å²) in [6.45, 7) is 7.31. The summed E-state index contributed by atoms with van der Waals surface area (Å²) in [6.07, 6.45) is 2.50. The first kappa shape index (κ1) is 26.5. The quantitative estimate of drug-likeness (QED) is 0.184. The Labute approximate surface area is 228 Å². The first-order chi connectivity index (χ1) is 18.1. The fourth-order valence-electron chi connectivity index (χ4n) is 3.82. The standard InChI is InChI=1S/C31H29Cl2NO3/c1-3-8-23-17-22(20-34-26-13-15-28(16-14-26)37-27-9-6-5-7-10-27)18-30(35-4-2)31(23)36-21-24-11-12-25(32)19-29(24)33/h3,5-7,9-19,34H,1,4,8,20-21H2,2H3. The molecule has 0 aliphatic rings. The zero-order valence-corrected chi connectivity index (χ0v) is 22.2. The van der Waals surface area contributed by atoms with E-state index in [-0.39, 0.29) is 0 Å². The van der Waals surface area contributed by atoms with Crippen molar-refractivity contribution in [2.45, 2.75) is 26.5 Å². The Morgan fingerprint density at radius 2 is 1.59 bits per heavy atom. The van der Waals surface area contributed by atoms with Gasteiger partial charge in [-0.3, -0.25) is 0 Å². The third-order valence-electron chi connectivity index (χ3n) is 5.57. The number of benzene rings is 4. The number of para-hydroxylation sites is 1. The van der Waals surface area contributed by atoms with Crippen LogP contribution in [0, 0.1) is 0 Å². The molecule has 0 saturated heterocycles. The third kappa shape index (κ3) is 7.45. The molecule has 0 aliphatic heterocycles. The van der Waals surface area contributed by atoms with E-state index in [0.717, 1.165) is 33.9 Å². The molecule has 0 aliphatic carbocycles. The highest BCUT2D eigenvalue weighted by atomic mass is 35.5. The molecule has 1 N–H and O–H groups in total. The van der Waals surface area contributed by atoms with Crippen molar-refractivity contribution in [1.82, 2.24) is 0 Å². The molecule has 0 aromatic heterocycles. The van der Waals surface area contributed by atoms with Crippen LogP contribution in [0.2, 0.25) is 10.0 Å². The Balaban J connectivity index is 1.47. The van der Waals surface area contributed by atoms with E-state index < -0.39 is 0 Å². The van der Waals surface area contributed by atoms with Crippen molar-refractivity contribution in [2.75, 3.05) is 11.9 Å². The minimum atomic E-state index is 0.301. The Morgan fingerprint density at radius 1 is 0.838 bits per heavy atom. The lowest BCUT2D eigenvalue weighted by Gasteiger charge is -2.18. The van der Waals surface area contributed by atoms with Gasteiger partial charge in [-0.25, -0.2) is 0 Å². The normalized spacial score (nSPS) is 10.6. The third-order valence-corrected chi connectivity index (χ3v) is 6.16. The number of ether oxygens (including phenoxy) is 3. The van der Waals surface area contributed by atoms with E-state index in [1.807, 2.05) is 79.7 Å². The van der Waals surface area contributed by atoms with Gasteiger partial charge in [0.1, 0.15) is 18.1 Å². The zero-order chi connectivity index (χ0) is 26.0. The number of nitrogens with one attached hydrogen (secondary N) is 1. The maximum absolute atomic E-state index is 6.34. The Kier molecular flexibility index (Phi) is 9.36. The Bertz CT molecular complexity index is 1320. The number of hydrogen-bond donors (Lipinski definition) is 1. The molecule has 0 saturated carbocycles. The highest BCUT2D eigenvalue weighted by Crippen LogP contribution is 2.35. The lowest BCUT2D eigenvalue weighted by Crippen LogP contribution is -2.06. The van der Waals surface area contributed by atoms with E-state index in [1.54, 1.807) is 12.1 Å². The second kappa shape index (κ2) is 13.1. The first-order valence-corrected chi connectivity index (χ1v) is 12.8. The lowest BCUT2D eigenvalue weighted by molar-refractivity contribution is 0.267. The molecule has 0 spiro atoms.